The molecule has 0 aliphatic heterocycles. The van der Waals surface area contributed by atoms with E-state index in [0.717, 1.165) is 30.6 Å². The molecular weight excluding hydrogens is 206 g/mol. The van der Waals surface area contributed by atoms with E-state index < -0.39 is 0 Å². The Morgan fingerprint density at radius 1 is 1.18 bits per heavy atom. The highest BCUT2D eigenvalue weighted by Crippen LogP contribution is 2.43. The molecule has 0 radical (unpaired) electrons. The normalized spacial score (nSPS) is 27.5. The summed E-state index contributed by atoms with van der Waals surface area (Å²) >= 11 is 0. The van der Waals surface area contributed by atoms with Gasteiger partial charge >= 0.3 is 0 Å². The standard InChI is InChI=1S/C16H29N/c1-5-13(7-6-12-17)14-8-10-15(11-9-14)16(2,3)4/h13-15H,5-11H2,1-4H3. The third kappa shape index (κ3) is 4.34. The van der Waals surface area contributed by atoms with E-state index in [4.69, 9.17) is 5.26 Å². The van der Waals surface area contributed by atoms with Crippen LogP contribution in [0.1, 0.15) is 72.6 Å². The molecule has 1 saturated carbocycles. The van der Waals surface area contributed by atoms with Crippen molar-refractivity contribution in [2.75, 3.05) is 0 Å². The molecule has 0 aromatic rings. The minimum Gasteiger partial charge on any atom is -0.198 e. The predicted octanol–water partition coefficient (Wildman–Crippen LogP) is 5.17. The predicted molar refractivity (Wildman–Crippen MR) is 73.5 cm³/mol. The lowest BCUT2D eigenvalue weighted by Crippen LogP contribution is -2.28. The van der Waals surface area contributed by atoms with Gasteiger partial charge in [-0.2, -0.15) is 5.26 Å². The van der Waals surface area contributed by atoms with E-state index >= 15 is 0 Å². The fourth-order valence-electron chi connectivity index (χ4n) is 3.48. The second-order valence-corrected chi connectivity index (χ2v) is 6.84. The lowest BCUT2D eigenvalue weighted by molar-refractivity contribution is 0.119. The summed E-state index contributed by atoms with van der Waals surface area (Å²) in [4.78, 5) is 0. The van der Waals surface area contributed by atoms with Crippen molar-refractivity contribution in [3.05, 3.63) is 0 Å². The average molecular weight is 235 g/mol. The molecule has 0 saturated heterocycles. The average Bonchev–Trinajstić information content (AvgIpc) is 2.29. The lowest BCUT2D eigenvalue weighted by atomic mass is 9.66. The van der Waals surface area contributed by atoms with Crippen molar-refractivity contribution < 1.29 is 0 Å². The Kier molecular flexibility index (Phi) is 5.50. The molecule has 1 unspecified atom stereocenters. The van der Waals surface area contributed by atoms with Gasteiger partial charge in [0.05, 0.1) is 6.07 Å². The highest BCUT2D eigenvalue weighted by molar-refractivity contribution is 4.84. The Balaban J connectivity index is 2.42. The van der Waals surface area contributed by atoms with Crippen LogP contribution in [-0.4, -0.2) is 0 Å². The molecule has 0 amide bonds. The molecular formula is C16H29N. The van der Waals surface area contributed by atoms with Crippen LogP contribution in [-0.2, 0) is 0 Å². The Bertz CT molecular complexity index is 248. The molecule has 1 rings (SSSR count). The zero-order chi connectivity index (χ0) is 12.9. The van der Waals surface area contributed by atoms with E-state index in [1.54, 1.807) is 0 Å². The van der Waals surface area contributed by atoms with Crippen molar-refractivity contribution in [1.82, 2.24) is 0 Å². The van der Waals surface area contributed by atoms with Crippen LogP contribution >= 0.6 is 0 Å². The van der Waals surface area contributed by atoms with E-state index in [1.807, 2.05) is 0 Å². The number of nitriles is 1. The number of nitrogens with zero attached hydrogens (tertiary/aromatic N) is 1. The maximum absolute atomic E-state index is 8.71. The molecule has 98 valence electrons. The van der Waals surface area contributed by atoms with Crippen LogP contribution in [0.15, 0.2) is 0 Å². The second kappa shape index (κ2) is 6.43. The van der Waals surface area contributed by atoms with Crippen LogP contribution in [0.3, 0.4) is 0 Å². The van der Waals surface area contributed by atoms with Crippen LogP contribution in [0.4, 0.5) is 0 Å². The largest absolute Gasteiger partial charge is 0.198 e. The minimum atomic E-state index is 0.485. The van der Waals surface area contributed by atoms with Crippen LogP contribution in [0.2, 0.25) is 0 Å². The molecule has 1 aliphatic carbocycles. The molecule has 1 fully saturated rings. The number of hydrogen-bond acceptors (Lipinski definition) is 1. The number of rotatable bonds is 4. The molecule has 17 heavy (non-hydrogen) atoms. The van der Waals surface area contributed by atoms with Crippen LogP contribution in [0, 0.1) is 34.5 Å². The zero-order valence-corrected chi connectivity index (χ0v) is 12.1. The van der Waals surface area contributed by atoms with Crippen molar-refractivity contribution in [3.8, 4) is 6.07 Å². The summed E-state index contributed by atoms with van der Waals surface area (Å²) in [6, 6.07) is 2.30. The lowest BCUT2D eigenvalue weighted by Gasteiger charge is -2.39. The van der Waals surface area contributed by atoms with Crippen LogP contribution in [0.5, 0.6) is 0 Å². The van der Waals surface area contributed by atoms with Crippen molar-refractivity contribution in [2.24, 2.45) is 23.2 Å². The first-order valence-corrected chi connectivity index (χ1v) is 7.36. The summed E-state index contributed by atoms with van der Waals surface area (Å²) in [7, 11) is 0. The molecule has 0 spiro atoms. The smallest absolute Gasteiger partial charge is 0.0621 e. The van der Waals surface area contributed by atoms with Gasteiger partial charge in [0, 0.05) is 6.42 Å². The maximum Gasteiger partial charge on any atom is 0.0621 e. The quantitative estimate of drug-likeness (QED) is 0.659. The topological polar surface area (TPSA) is 23.8 Å². The van der Waals surface area contributed by atoms with E-state index in [2.05, 4.69) is 33.8 Å². The summed E-state index contributed by atoms with van der Waals surface area (Å²) in [5.74, 6) is 2.61. The van der Waals surface area contributed by atoms with Crippen molar-refractivity contribution in [2.45, 2.75) is 72.6 Å². The molecule has 0 N–H and O–H groups in total. The van der Waals surface area contributed by atoms with Crippen LogP contribution in [0.25, 0.3) is 0 Å². The Morgan fingerprint density at radius 2 is 1.76 bits per heavy atom. The van der Waals surface area contributed by atoms with E-state index in [0.29, 0.717) is 5.41 Å². The van der Waals surface area contributed by atoms with Crippen molar-refractivity contribution in [3.63, 3.8) is 0 Å². The fourth-order valence-corrected chi connectivity index (χ4v) is 3.48. The molecule has 0 aromatic carbocycles. The second-order valence-electron chi connectivity index (χ2n) is 6.84. The first-order valence-electron chi connectivity index (χ1n) is 7.36. The van der Waals surface area contributed by atoms with Crippen LogP contribution < -0.4 is 0 Å². The molecule has 0 heterocycles. The van der Waals surface area contributed by atoms with Crippen molar-refractivity contribution in [1.29, 1.82) is 5.26 Å². The maximum atomic E-state index is 8.71. The Labute approximate surface area is 108 Å². The first-order chi connectivity index (χ1) is 7.99. The number of hydrogen-bond donors (Lipinski definition) is 0. The van der Waals surface area contributed by atoms with Gasteiger partial charge in [0.2, 0.25) is 0 Å². The van der Waals surface area contributed by atoms with Gasteiger partial charge < -0.3 is 0 Å². The van der Waals surface area contributed by atoms with Gasteiger partial charge in [-0.15, -0.1) is 0 Å². The molecule has 0 bridgehead atoms. The monoisotopic (exact) mass is 235 g/mol. The van der Waals surface area contributed by atoms with E-state index in [-0.39, 0.29) is 0 Å². The van der Waals surface area contributed by atoms with Crippen molar-refractivity contribution >= 4 is 0 Å². The SMILES string of the molecule is CCC(CCC#N)C1CCC(C(C)(C)C)CC1. The van der Waals surface area contributed by atoms with Gasteiger partial charge in [0.1, 0.15) is 0 Å². The van der Waals surface area contributed by atoms with Gasteiger partial charge in [-0.25, -0.2) is 0 Å². The highest BCUT2D eigenvalue weighted by Gasteiger charge is 2.31. The summed E-state index contributed by atoms with van der Waals surface area (Å²) < 4.78 is 0. The fraction of sp³-hybridized carbons (Fsp3) is 0.938. The van der Waals surface area contributed by atoms with Gasteiger partial charge in [0.25, 0.3) is 0 Å². The molecule has 1 atom stereocenters. The molecule has 0 aromatic heterocycles. The zero-order valence-electron chi connectivity index (χ0n) is 12.1. The van der Waals surface area contributed by atoms with Gasteiger partial charge in [-0.1, -0.05) is 34.1 Å². The molecule has 1 heteroatoms. The Morgan fingerprint density at radius 3 is 2.18 bits per heavy atom. The van der Waals surface area contributed by atoms with Gasteiger partial charge in [0.15, 0.2) is 0 Å². The molecule has 1 aliphatic rings. The Hall–Kier alpha value is -0.510. The minimum absolute atomic E-state index is 0.485. The third-order valence-electron chi connectivity index (χ3n) is 4.81. The van der Waals surface area contributed by atoms with E-state index in [1.165, 1.54) is 32.1 Å². The van der Waals surface area contributed by atoms with E-state index in [9.17, 15) is 0 Å². The van der Waals surface area contributed by atoms with Gasteiger partial charge in [-0.05, 0) is 55.3 Å². The first kappa shape index (κ1) is 14.6. The highest BCUT2D eigenvalue weighted by atomic mass is 14.4. The summed E-state index contributed by atoms with van der Waals surface area (Å²) in [5.41, 5.74) is 0.485. The third-order valence-corrected chi connectivity index (χ3v) is 4.81. The summed E-state index contributed by atoms with van der Waals surface area (Å²) in [6.07, 6.45) is 8.72. The summed E-state index contributed by atoms with van der Waals surface area (Å²) in [5, 5.41) is 8.71. The van der Waals surface area contributed by atoms with Gasteiger partial charge in [-0.3, -0.25) is 0 Å². The molecule has 1 nitrogen and oxygen atoms in total. The summed E-state index contributed by atoms with van der Waals surface area (Å²) in [6.45, 7) is 9.43.